The van der Waals surface area contributed by atoms with Crippen LogP contribution >= 0.6 is 0 Å². The van der Waals surface area contributed by atoms with Crippen LogP contribution in [-0.4, -0.2) is 91.1 Å². The number of likely N-dealkylation sites (N-methyl/N-ethyl adjacent to an activating group) is 1. The van der Waals surface area contributed by atoms with Crippen LogP contribution in [0.3, 0.4) is 0 Å². The van der Waals surface area contributed by atoms with E-state index in [1.165, 1.54) is 40.8 Å². The number of hydrogen-bond donors (Lipinski definition) is 2. The molecule has 254 valence electrons. The number of carbonyl (C=O) groups is 2. The fraction of sp³-hybridized carbons (Fsp3) is 0.441. The summed E-state index contributed by atoms with van der Waals surface area (Å²) in [6.45, 7) is 5.64. The summed E-state index contributed by atoms with van der Waals surface area (Å²) in [6.07, 6.45) is 4.31. The average molecular weight is 671 g/mol. The maximum atomic E-state index is 14.3. The zero-order chi connectivity index (χ0) is 34.1. The van der Waals surface area contributed by atoms with Crippen LogP contribution in [0.15, 0.2) is 71.9 Å². The number of rotatable bonds is 8. The molecule has 1 aliphatic heterocycles. The van der Waals surface area contributed by atoms with Crippen molar-refractivity contribution in [2.24, 2.45) is 5.92 Å². The number of aromatic nitrogens is 1. The summed E-state index contributed by atoms with van der Waals surface area (Å²) in [5, 5.41) is 13.0. The zero-order valence-corrected chi connectivity index (χ0v) is 28.0. The van der Waals surface area contributed by atoms with Crippen LogP contribution in [-0.2, 0) is 14.8 Å². The van der Waals surface area contributed by atoms with E-state index < -0.39 is 33.9 Å². The lowest BCUT2D eigenvalue weighted by atomic mass is 10.0. The van der Waals surface area contributed by atoms with Gasteiger partial charge in [-0.25, -0.2) is 12.8 Å². The highest BCUT2D eigenvalue weighted by atomic mass is 32.2. The second kappa shape index (κ2) is 16.3. The summed E-state index contributed by atoms with van der Waals surface area (Å²) >= 11 is 0. The van der Waals surface area contributed by atoms with Gasteiger partial charge in [0.2, 0.25) is 10.0 Å². The summed E-state index contributed by atoms with van der Waals surface area (Å²) in [5.74, 6) is -1.36. The number of anilines is 1. The van der Waals surface area contributed by atoms with Gasteiger partial charge in [-0.1, -0.05) is 6.92 Å². The summed E-state index contributed by atoms with van der Waals surface area (Å²) in [7, 11) is -2.51. The van der Waals surface area contributed by atoms with Gasteiger partial charge in [0.05, 0.1) is 35.3 Å². The molecule has 0 saturated carbocycles. The van der Waals surface area contributed by atoms with E-state index in [9.17, 15) is 27.5 Å². The van der Waals surface area contributed by atoms with Gasteiger partial charge in [-0.3, -0.25) is 14.6 Å². The van der Waals surface area contributed by atoms with Crippen molar-refractivity contribution in [3.63, 3.8) is 0 Å². The number of benzene rings is 2. The molecule has 11 nitrogen and oxygen atoms in total. The van der Waals surface area contributed by atoms with Gasteiger partial charge in [0.25, 0.3) is 11.8 Å². The van der Waals surface area contributed by atoms with Gasteiger partial charge < -0.3 is 24.8 Å². The van der Waals surface area contributed by atoms with Crippen LogP contribution in [0, 0.1) is 11.7 Å². The molecule has 0 spiro atoms. The first-order chi connectivity index (χ1) is 22.4. The molecule has 2 N–H and O–H groups in total. The van der Waals surface area contributed by atoms with Crippen molar-refractivity contribution >= 4 is 27.5 Å². The molecule has 4 rings (SSSR count). The van der Waals surface area contributed by atoms with Crippen molar-refractivity contribution in [1.82, 2.24) is 14.2 Å². The van der Waals surface area contributed by atoms with Crippen LogP contribution < -0.4 is 10.1 Å². The number of carbonyl (C=O) groups excluding carboxylic acids is 2. The molecule has 0 bridgehead atoms. The number of nitrogens with zero attached hydrogens (tertiary/aromatic N) is 3. The molecule has 1 aromatic heterocycles. The number of halogens is 1. The van der Waals surface area contributed by atoms with Crippen LogP contribution in [0.25, 0.3) is 0 Å². The Balaban J connectivity index is 1.65. The summed E-state index contributed by atoms with van der Waals surface area (Å²) < 4.78 is 53.8. The Labute approximate surface area is 275 Å². The molecular weight excluding hydrogens is 627 g/mol. The molecule has 2 amide bonds. The van der Waals surface area contributed by atoms with E-state index in [0.717, 1.165) is 18.6 Å². The minimum Gasteiger partial charge on any atom is -0.490 e. The first kappa shape index (κ1) is 35.9. The summed E-state index contributed by atoms with van der Waals surface area (Å²) in [4.78, 5) is 32.6. The van der Waals surface area contributed by atoms with Gasteiger partial charge in [0.15, 0.2) is 0 Å². The Morgan fingerprint density at radius 3 is 2.51 bits per heavy atom. The Bertz CT molecular complexity index is 1610. The molecule has 2 aromatic carbocycles. The van der Waals surface area contributed by atoms with Gasteiger partial charge in [0, 0.05) is 56.3 Å². The van der Waals surface area contributed by atoms with Crippen LogP contribution in [0.1, 0.15) is 60.7 Å². The first-order valence-corrected chi connectivity index (χ1v) is 17.1. The molecule has 4 atom stereocenters. The smallest absolute Gasteiger partial charge is 0.258 e. The van der Waals surface area contributed by atoms with Crippen LogP contribution in [0.5, 0.6) is 5.75 Å². The van der Waals surface area contributed by atoms with E-state index in [1.807, 2.05) is 13.8 Å². The van der Waals surface area contributed by atoms with Gasteiger partial charge in [-0.2, -0.15) is 4.31 Å². The van der Waals surface area contributed by atoms with Crippen molar-refractivity contribution in [2.75, 3.05) is 38.7 Å². The lowest BCUT2D eigenvalue weighted by Crippen LogP contribution is -2.48. The van der Waals surface area contributed by atoms with Crippen molar-refractivity contribution in [2.45, 2.75) is 63.2 Å². The number of amides is 2. The fourth-order valence-electron chi connectivity index (χ4n) is 5.31. The second-order valence-electron chi connectivity index (χ2n) is 11.9. The van der Waals surface area contributed by atoms with Gasteiger partial charge in [-0.05, 0) is 87.7 Å². The Morgan fingerprint density at radius 2 is 1.83 bits per heavy atom. The lowest BCUT2D eigenvalue weighted by Gasteiger charge is -2.35. The largest absolute Gasteiger partial charge is 0.490 e. The van der Waals surface area contributed by atoms with E-state index in [4.69, 9.17) is 9.47 Å². The molecular formula is C34H43FN4O7S. The molecule has 0 aliphatic carbocycles. The Hall–Kier alpha value is -3.91. The third-order valence-electron chi connectivity index (χ3n) is 8.21. The molecule has 0 fully saturated rings. The number of sulfonamides is 1. The van der Waals surface area contributed by atoms with Crippen molar-refractivity contribution in [3.05, 3.63) is 83.9 Å². The number of fused-ring (bicyclic) bond motifs is 1. The van der Waals surface area contributed by atoms with E-state index in [-0.39, 0.29) is 48.1 Å². The first-order valence-electron chi connectivity index (χ1n) is 15.7. The number of hydrogen-bond acceptors (Lipinski definition) is 8. The maximum absolute atomic E-state index is 14.3. The third kappa shape index (κ3) is 9.34. The van der Waals surface area contributed by atoms with Gasteiger partial charge in [0.1, 0.15) is 11.6 Å². The summed E-state index contributed by atoms with van der Waals surface area (Å²) in [5.41, 5.74) is 0.996. The highest BCUT2D eigenvalue weighted by Gasteiger charge is 2.32. The third-order valence-corrected chi connectivity index (χ3v) is 10.0. The van der Waals surface area contributed by atoms with Crippen molar-refractivity contribution < 1.29 is 37.0 Å². The van der Waals surface area contributed by atoms with Crippen LogP contribution in [0.4, 0.5) is 10.1 Å². The quantitative estimate of drug-likeness (QED) is 0.355. The average Bonchev–Trinajstić information content (AvgIpc) is 3.06. The molecule has 0 unspecified atom stereocenters. The molecule has 1 aliphatic rings. The van der Waals surface area contributed by atoms with Crippen LogP contribution in [0.2, 0.25) is 0 Å². The molecule has 47 heavy (non-hydrogen) atoms. The second-order valence-corrected chi connectivity index (χ2v) is 14.0. The minimum absolute atomic E-state index is 0.0162. The Kier molecular flexibility index (Phi) is 12.4. The van der Waals surface area contributed by atoms with Crippen molar-refractivity contribution in [3.8, 4) is 5.75 Å². The Morgan fingerprint density at radius 1 is 1.13 bits per heavy atom. The van der Waals surface area contributed by atoms with Gasteiger partial charge in [-0.15, -0.1) is 0 Å². The standard InChI is InChI=1S/C34H43FN4O7S/c1-23-20-39(24(2)22-40)34(42)30-19-28(37-33(41)26-14-16-36-17-15-26)10-13-31(30)46-25(3)7-5-6-18-45-32(23)21-38(4)47(43,44)29-11-8-27(35)9-12-29/h8-17,19,23-25,32,40H,5-7,18,20-22H2,1-4H3,(H,37,41)/t23-,24+,25-,32-/m0/s1. The minimum atomic E-state index is -3.96. The summed E-state index contributed by atoms with van der Waals surface area (Å²) in [6, 6.07) is 12.1. The number of pyridine rings is 1. The number of nitrogens with one attached hydrogen (secondary N) is 1. The fourth-order valence-corrected chi connectivity index (χ4v) is 6.49. The van der Waals surface area contributed by atoms with E-state index in [0.29, 0.717) is 36.4 Å². The van der Waals surface area contributed by atoms with E-state index >= 15 is 0 Å². The molecule has 0 saturated heterocycles. The monoisotopic (exact) mass is 670 g/mol. The molecule has 2 heterocycles. The van der Waals surface area contributed by atoms with E-state index in [2.05, 4.69) is 10.3 Å². The molecule has 0 radical (unpaired) electrons. The highest BCUT2D eigenvalue weighted by Crippen LogP contribution is 2.29. The lowest BCUT2D eigenvalue weighted by molar-refractivity contribution is -0.00834. The number of aliphatic hydroxyl groups is 1. The van der Waals surface area contributed by atoms with Crippen molar-refractivity contribution in [1.29, 1.82) is 0 Å². The van der Waals surface area contributed by atoms with Gasteiger partial charge >= 0.3 is 0 Å². The SMILES string of the molecule is C[C@H](CO)N1C[C@H](C)[C@H](CN(C)S(=O)(=O)c2ccc(F)cc2)OCCCC[C@H](C)Oc2ccc(NC(=O)c3ccncc3)cc2C1=O. The topological polar surface area (TPSA) is 138 Å². The predicted octanol–water partition coefficient (Wildman–Crippen LogP) is 4.59. The van der Waals surface area contributed by atoms with E-state index in [1.54, 1.807) is 37.3 Å². The zero-order valence-electron chi connectivity index (χ0n) is 27.1. The number of ether oxygens (including phenoxy) is 2. The maximum Gasteiger partial charge on any atom is 0.258 e. The predicted molar refractivity (Wildman–Crippen MR) is 175 cm³/mol. The number of aliphatic hydroxyl groups excluding tert-OH is 1. The highest BCUT2D eigenvalue weighted by molar-refractivity contribution is 7.89. The normalized spacial score (nSPS) is 20.5. The molecule has 3 aromatic rings. The molecule has 13 heteroatoms.